The molecule has 0 saturated heterocycles. The number of hydrogen-bond acceptors (Lipinski definition) is 3. The lowest BCUT2D eigenvalue weighted by Gasteiger charge is -2.29. The topological polar surface area (TPSA) is 58.6 Å². The highest BCUT2D eigenvalue weighted by molar-refractivity contribution is 6.36. The second-order valence-corrected chi connectivity index (χ2v) is 7.87. The fraction of sp³-hybridized carbons (Fsp3) is 0.250. The maximum atomic E-state index is 13.2. The lowest BCUT2D eigenvalue weighted by molar-refractivity contribution is -0.142. The van der Waals surface area contributed by atoms with E-state index in [1.54, 1.807) is 25.1 Å². The number of carbonyl (C=O) groups excluding carboxylic acids is 2. The van der Waals surface area contributed by atoms with Gasteiger partial charge in [0.1, 0.15) is 11.8 Å². The summed E-state index contributed by atoms with van der Waals surface area (Å²) >= 11 is 12.6. The number of amides is 2. The molecule has 1 atom stereocenters. The van der Waals surface area contributed by atoms with Crippen molar-refractivity contribution >= 4 is 45.8 Å². The number of likely N-dealkylation sites (N-methyl/N-ethyl adjacent to an activating group) is 1. The summed E-state index contributed by atoms with van der Waals surface area (Å²) in [4.78, 5) is 27.1. The van der Waals surface area contributed by atoms with Crippen molar-refractivity contribution in [3.05, 3.63) is 76.3 Å². The van der Waals surface area contributed by atoms with Crippen molar-refractivity contribution in [1.29, 1.82) is 0 Å². The molecule has 3 aromatic rings. The van der Waals surface area contributed by atoms with Crippen molar-refractivity contribution in [2.24, 2.45) is 0 Å². The first-order valence-corrected chi connectivity index (χ1v) is 10.8. The number of nitrogens with zero attached hydrogens (tertiary/aromatic N) is 1. The number of hydrogen-bond donors (Lipinski definition) is 1. The number of nitrogens with one attached hydrogen (secondary N) is 1. The molecule has 3 aromatic carbocycles. The predicted molar refractivity (Wildman–Crippen MR) is 125 cm³/mol. The zero-order chi connectivity index (χ0) is 22.4. The van der Waals surface area contributed by atoms with Gasteiger partial charge in [-0.25, -0.2) is 0 Å². The van der Waals surface area contributed by atoms with Gasteiger partial charge in [-0.1, -0.05) is 65.7 Å². The van der Waals surface area contributed by atoms with Crippen molar-refractivity contribution in [1.82, 2.24) is 10.2 Å². The van der Waals surface area contributed by atoms with Crippen molar-refractivity contribution in [2.45, 2.75) is 26.4 Å². The van der Waals surface area contributed by atoms with Crippen LogP contribution in [0.15, 0.2) is 60.7 Å². The molecule has 31 heavy (non-hydrogen) atoms. The van der Waals surface area contributed by atoms with Crippen molar-refractivity contribution in [3.63, 3.8) is 0 Å². The van der Waals surface area contributed by atoms with E-state index < -0.39 is 6.04 Å². The lowest BCUT2D eigenvalue weighted by atomic mass is 10.1. The van der Waals surface area contributed by atoms with Gasteiger partial charge in [0.05, 0.1) is 0 Å². The second-order valence-electron chi connectivity index (χ2n) is 7.06. The standard InChI is InChI=1S/C24H24Cl2N2O3/c1-3-27-24(30)16(2)28(14-19-20(25)11-7-12-21(19)26)23(29)15-31-22-13-6-9-17-8-4-5-10-18(17)22/h4-13,16H,3,14-15H2,1-2H3,(H,27,30)/t16-/m0/s1. The SMILES string of the molecule is CCNC(=O)[C@H](C)N(Cc1c(Cl)cccc1Cl)C(=O)COc1cccc2ccccc12. The summed E-state index contributed by atoms with van der Waals surface area (Å²) in [5.74, 6) is -0.000278. The van der Waals surface area contributed by atoms with Gasteiger partial charge in [-0.3, -0.25) is 9.59 Å². The summed E-state index contributed by atoms with van der Waals surface area (Å²) in [6, 6.07) is 17.9. The van der Waals surface area contributed by atoms with Gasteiger partial charge < -0.3 is 15.0 Å². The number of rotatable bonds is 8. The largest absolute Gasteiger partial charge is 0.483 e. The first-order chi connectivity index (χ1) is 14.9. The van der Waals surface area contributed by atoms with Crippen molar-refractivity contribution in [3.8, 4) is 5.75 Å². The normalized spacial score (nSPS) is 11.7. The van der Waals surface area contributed by atoms with Gasteiger partial charge >= 0.3 is 0 Å². The second kappa shape index (κ2) is 10.5. The molecule has 0 heterocycles. The van der Waals surface area contributed by atoms with Crippen LogP contribution in [0.2, 0.25) is 10.0 Å². The van der Waals surface area contributed by atoms with E-state index >= 15 is 0 Å². The zero-order valence-corrected chi connectivity index (χ0v) is 18.9. The van der Waals surface area contributed by atoms with E-state index in [1.807, 2.05) is 49.4 Å². The Hall–Kier alpha value is -2.76. The molecule has 0 unspecified atom stereocenters. The molecule has 0 bridgehead atoms. The highest BCUT2D eigenvalue weighted by atomic mass is 35.5. The summed E-state index contributed by atoms with van der Waals surface area (Å²) in [6.45, 7) is 3.83. The molecule has 0 aliphatic rings. The van der Waals surface area contributed by atoms with Gasteiger partial charge in [-0.2, -0.15) is 0 Å². The van der Waals surface area contributed by atoms with Gasteiger partial charge in [0.15, 0.2) is 6.61 Å². The minimum atomic E-state index is -0.726. The van der Waals surface area contributed by atoms with E-state index in [4.69, 9.17) is 27.9 Å². The Kier molecular flexibility index (Phi) is 7.77. The molecule has 2 amide bonds. The molecule has 1 N–H and O–H groups in total. The molecule has 7 heteroatoms. The summed E-state index contributed by atoms with van der Waals surface area (Å²) in [6.07, 6.45) is 0. The third-order valence-corrected chi connectivity index (χ3v) is 5.72. The molecule has 3 rings (SSSR count). The van der Waals surface area contributed by atoms with E-state index in [0.717, 1.165) is 10.8 Å². The van der Waals surface area contributed by atoms with E-state index in [0.29, 0.717) is 27.9 Å². The van der Waals surface area contributed by atoms with Crippen LogP contribution in [-0.4, -0.2) is 35.9 Å². The van der Waals surface area contributed by atoms with Gasteiger partial charge in [0.25, 0.3) is 5.91 Å². The Morgan fingerprint density at radius 1 is 1.00 bits per heavy atom. The van der Waals surface area contributed by atoms with Crippen LogP contribution in [0, 0.1) is 0 Å². The minimum absolute atomic E-state index is 0.0918. The first kappa shape index (κ1) is 22.9. The molecule has 0 spiro atoms. The molecule has 0 saturated carbocycles. The first-order valence-electron chi connectivity index (χ1n) is 10.0. The summed E-state index contributed by atoms with van der Waals surface area (Å²) in [5.41, 5.74) is 0.584. The van der Waals surface area contributed by atoms with Crippen LogP contribution in [-0.2, 0) is 16.1 Å². The monoisotopic (exact) mass is 458 g/mol. The number of benzene rings is 3. The molecule has 0 radical (unpaired) electrons. The van der Waals surface area contributed by atoms with Gasteiger partial charge in [-0.05, 0) is 37.4 Å². The van der Waals surface area contributed by atoms with Crippen LogP contribution in [0.1, 0.15) is 19.4 Å². The molecular formula is C24H24Cl2N2O3. The molecular weight excluding hydrogens is 435 g/mol. The fourth-order valence-corrected chi connectivity index (χ4v) is 3.82. The maximum Gasteiger partial charge on any atom is 0.261 e. The maximum absolute atomic E-state index is 13.2. The van der Waals surface area contributed by atoms with Gasteiger partial charge in [-0.15, -0.1) is 0 Å². The highest BCUT2D eigenvalue weighted by Gasteiger charge is 2.27. The summed E-state index contributed by atoms with van der Waals surface area (Å²) < 4.78 is 5.86. The van der Waals surface area contributed by atoms with Gasteiger partial charge in [0.2, 0.25) is 5.91 Å². The third-order valence-electron chi connectivity index (χ3n) is 5.01. The predicted octanol–water partition coefficient (Wildman–Crippen LogP) is 5.08. The third kappa shape index (κ3) is 5.49. The van der Waals surface area contributed by atoms with Crippen LogP contribution < -0.4 is 10.1 Å². The average molecular weight is 459 g/mol. The van der Waals surface area contributed by atoms with Crippen LogP contribution in [0.4, 0.5) is 0 Å². The van der Waals surface area contributed by atoms with Crippen LogP contribution in [0.3, 0.4) is 0 Å². The molecule has 5 nitrogen and oxygen atoms in total. The highest BCUT2D eigenvalue weighted by Crippen LogP contribution is 2.28. The molecule has 0 fully saturated rings. The van der Waals surface area contributed by atoms with Crippen LogP contribution in [0.25, 0.3) is 10.8 Å². The summed E-state index contributed by atoms with van der Waals surface area (Å²) in [7, 11) is 0. The number of ether oxygens (including phenoxy) is 1. The number of fused-ring (bicyclic) bond motifs is 1. The fourth-order valence-electron chi connectivity index (χ4n) is 3.30. The Balaban J connectivity index is 1.83. The van der Waals surface area contributed by atoms with Crippen molar-refractivity contribution < 1.29 is 14.3 Å². The Morgan fingerprint density at radius 3 is 2.35 bits per heavy atom. The van der Waals surface area contributed by atoms with E-state index in [2.05, 4.69) is 5.32 Å². The minimum Gasteiger partial charge on any atom is -0.483 e. The smallest absolute Gasteiger partial charge is 0.261 e. The Morgan fingerprint density at radius 2 is 1.65 bits per heavy atom. The Bertz CT molecular complexity index is 1060. The van der Waals surface area contributed by atoms with E-state index in [1.165, 1.54) is 4.90 Å². The van der Waals surface area contributed by atoms with Crippen LogP contribution >= 0.6 is 23.2 Å². The number of carbonyl (C=O) groups is 2. The Labute approximate surface area is 191 Å². The molecule has 162 valence electrons. The molecule has 0 aliphatic carbocycles. The van der Waals surface area contributed by atoms with Gasteiger partial charge in [0, 0.05) is 34.1 Å². The number of halogens is 2. The summed E-state index contributed by atoms with van der Waals surface area (Å²) in [5, 5.41) is 5.55. The molecule has 0 aliphatic heterocycles. The quantitative estimate of drug-likeness (QED) is 0.511. The lowest BCUT2D eigenvalue weighted by Crippen LogP contribution is -2.49. The van der Waals surface area contributed by atoms with E-state index in [-0.39, 0.29) is 25.0 Å². The van der Waals surface area contributed by atoms with Crippen molar-refractivity contribution in [2.75, 3.05) is 13.2 Å². The zero-order valence-electron chi connectivity index (χ0n) is 17.4. The van der Waals surface area contributed by atoms with Crippen LogP contribution in [0.5, 0.6) is 5.75 Å². The average Bonchev–Trinajstić information content (AvgIpc) is 2.77. The van der Waals surface area contributed by atoms with E-state index in [9.17, 15) is 9.59 Å². The molecule has 0 aromatic heterocycles.